The Hall–Kier alpha value is -2.08. The molecule has 0 radical (unpaired) electrons. The van der Waals surface area contributed by atoms with E-state index in [1.165, 1.54) is 0 Å². The predicted octanol–water partition coefficient (Wildman–Crippen LogP) is 1.83. The summed E-state index contributed by atoms with van der Waals surface area (Å²) < 4.78 is 0. The summed E-state index contributed by atoms with van der Waals surface area (Å²) in [7, 11) is 1.79. The number of rotatable bonds is 6. The number of nitrogens with zero attached hydrogens (tertiary/aromatic N) is 2. The van der Waals surface area contributed by atoms with Gasteiger partial charge in [0.1, 0.15) is 0 Å². The van der Waals surface area contributed by atoms with Gasteiger partial charge in [0.05, 0.1) is 0 Å². The summed E-state index contributed by atoms with van der Waals surface area (Å²) in [6.45, 7) is 12.1. The van der Waals surface area contributed by atoms with Gasteiger partial charge in [-0.15, -0.1) is 0 Å². The summed E-state index contributed by atoms with van der Waals surface area (Å²) in [6.07, 6.45) is 0. The number of benzene rings is 1. The van der Waals surface area contributed by atoms with Crippen LogP contribution < -0.4 is 16.0 Å². The third-order valence-corrected chi connectivity index (χ3v) is 4.90. The van der Waals surface area contributed by atoms with Crippen molar-refractivity contribution in [2.24, 2.45) is 10.9 Å². The van der Waals surface area contributed by atoms with Crippen LogP contribution in [0.15, 0.2) is 29.3 Å². The molecule has 1 aromatic carbocycles. The van der Waals surface area contributed by atoms with Crippen molar-refractivity contribution in [3.05, 3.63) is 35.4 Å². The Kier molecular flexibility index (Phi) is 7.45. The van der Waals surface area contributed by atoms with Crippen LogP contribution >= 0.6 is 0 Å². The topological polar surface area (TPSA) is 68.8 Å². The van der Waals surface area contributed by atoms with E-state index in [1.807, 2.05) is 31.2 Å². The fraction of sp³-hybridized carbons (Fsp3) is 0.600. The van der Waals surface area contributed by atoms with Crippen molar-refractivity contribution in [2.45, 2.75) is 46.3 Å². The molecule has 3 N–H and O–H groups in total. The first-order valence-electron chi connectivity index (χ1n) is 9.53. The van der Waals surface area contributed by atoms with Gasteiger partial charge in [-0.1, -0.05) is 19.1 Å². The largest absolute Gasteiger partial charge is 0.352 e. The molecule has 0 spiro atoms. The number of hydrogen-bond acceptors (Lipinski definition) is 3. The Bertz CT molecular complexity index is 628. The second-order valence-electron chi connectivity index (χ2n) is 7.26. The molecule has 0 saturated carbocycles. The minimum Gasteiger partial charge on any atom is -0.352 e. The van der Waals surface area contributed by atoms with E-state index in [-0.39, 0.29) is 5.91 Å². The third kappa shape index (κ3) is 5.46. The lowest BCUT2D eigenvalue weighted by Crippen LogP contribution is -2.46. The van der Waals surface area contributed by atoms with Crippen LogP contribution in [0.2, 0.25) is 0 Å². The van der Waals surface area contributed by atoms with Crippen LogP contribution in [0.1, 0.15) is 43.6 Å². The summed E-state index contributed by atoms with van der Waals surface area (Å²) in [5, 5.41) is 9.74. The molecule has 0 aliphatic carbocycles. The highest BCUT2D eigenvalue weighted by Crippen LogP contribution is 2.18. The van der Waals surface area contributed by atoms with E-state index in [0.717, 1.165) is 24.6 Å². The highest BCUT2D eigenvalue weighted by Gasteiger charge is 2.31. The predicted molar refractivity (Wildman–Crippen MR) is 107 cm³/mol. The average molecular weight is 360 g/mol. The van der Waals surface area contributed by atoms with Gasteiger partial charge in [-0.2, -0.15) is 0 Å². The van der Waals surface area contributed by atoms with Gasteiger partial charge in [0, 0.05) is 50.9 Å². The SMILES string of the molecule is CCNC(=O)c1cccc(CNC(=NC)NC2CN(C(C)C)CC2C)c1. The van der Waals surface area contributed by atoms with E-state index in [4.69, 9.17) is 0 Å². The highest BCUT2D eigenvalue weighted by molar-refractivity contribution is 5.94. The van der Waals surface area contributed by atoms with Gasteiger partial charge < -0.3 is 16.0 Å². The summed E-state index contributed by atoms with van der Waals surface area (Å²) in [4.78, 5) is 18.8. The van der Waals surface area contributed by atoms with Crippen molar-refractivity contribution in [1.29, 1.82) is 0 Å². The maximum atomic E-state index is 12.0. The van der Waals surface area contributed by atoms with Gasteiger partial charge >= 0.3 is 0 Å². The molecule has 6 nitrogen and oxygen atoms in total. The second kappa shape index (κ2) is 9.57. The third-order valence-electron chi connectivity index (χ3n) is 4.90. The number of hydrogen-bond donors (Lipinski definition) is 3. The highest BCUT2D eigenvalue weighted by atomic mass is 16.1. The van der Waals surface area contributed by atoms with Crippen molar-refractivity contribution in [3.8, 4) is 0 Å². The summed E-state index contributed by atoms with van der Waals surface area (Å²) in [5.74, 6) is 1.35. The van der Waals surface area contributed by atoms with Crippen LogP contribution in [0.4, 0.5) is 0 Å². The zero-order valence-electron chi connectivity index (χ0n) is 16.7. The first-order chi connectivity index (χ1) is 12.4. The molecular weight excluding hydrogens is 326 g/mol. The quantitative estimate of drug-likeness (QED) is 0.535. The number of likely N-dealkylation sites (tertiary alicyclic amines) is 1. The summed E-state index contributed by atoms with van der Waals surface area (Å²) in [6, 6.07) is 8.65. The van der Waals surface area contributed by atoms with Gasteiger partial charge in [0.25, 0.3) is 5.91 Å². The molecule has 1 aromatic rings. The molecule has 0 bridgehead atoms. The number of nitrogens with one attached hydrogen (secondary N) is 3. The number of aliphatic imine (C=N–C) groups is 1. The first kappa shape index (κ1) is 20.2. The molecule has 1 aliphatic rings. The summed E-state index contributed by atoms with van der Waals surface area (Å²) in [5.41, 5.74) is 1.74. The zero-order chi connectivity index (χ0) is 19.1. The maximum Gasteiger partial charge on any atom is 0.251 e. The molecule has 2 atom stereocenters. The molecule has 6 heteroatoms. The standard InChI is InChI=1S/C20H33N5O/c1-6-22-19(26)17-9-7-8-16(10-17)11-23-20(21-5)24-18-13-25(14(2)3)12-15(18)4/h7-10,14-15,18H,6,11-13H2,1-5H3,(H,22,26)(H2,21,23,24). The van der Waals surface area contributed by atoms with Crippen molar-refractivity contribution < 1.29 is 4.79 Å². The fourth-order valence-electron chi connectivity index (χ4n) is 3.25. The van der Waals surface area contributed by atoms with E-state index < -0.39 is 0 Å². The molecule has 1 saturated heterocycles. The van der Waals surface area contributed by atoms with Gasteiger partial charge in [-0.25, -0.2) is 0 Å². The first-order valence-corrected chi connectivity index (χ1v) is 9.53. The Morgan fingerprint density at radius 1 is 1.31 bits per heavy atom. The van der Waals surface area contributed by atoms with Gasteiger partial charge in [0.2, 0.25) is 0 Å². The van der Waals surface area contributed by atoms with E-state index in [9.17, 15) is 4.79 Å². The molecule has 0 aromatic heterocycles. The monoisotopic (exact) mass is 359 g/mol. The lowest BCUT2D eigenvalue weighted by molar-refractivity contribution is 0.0955. The van der Waals surface area contributed by atoms with Crippen LogP contribution in [0.5, 0.6) is 0 Å². The van der Waals surface area contributed by atoms with E-state index in [2.05, 4.69) is 46.6 Å². The van der Waals surface area contributed by atoms with Crippen LogP contribution in [-0.4, -0.2) is 55.5 Å². The second-order valence-corrected chi connectivity index (χ2v) is 7.26. The van der Waals surface area contributed by atoms with E-state index >= 15 is 0 Å². The average Bonchev–Trinajstić information content (AvgIpc) is 3.00. The zero-order valence-corrected chi connectivity index (χ0v) is 16.7. The van der Waals surface area contributed by atoms with Gasteiger partial charge in [-0.3, -0.25) is 14.7 Å². The number of carbonyl (C=O) groups excluding carboxylic acids is 1. The molecule has 26 heavy (non-hydrogen) atoms. The number of guanidine groups is 1. The number of amides is 1. The van der Waals surface area contributed by atoms with Gasteiger partial charge in [0.15, 0.2) is 5.96 Å². The van der Waals surface area contributed by atoms with Crippen LogP contribution in [0.3, 0.4) is 0 Å². The molecule has 1 fully saturated rings. The van der Waals surface area contributed by atoms with Crippen molar-refractivity contribution >= 4 is 11.9 Å². The molecule has 2 unspecified atom stereocenters. The minimum absolute atomic E-state index is 0.0367. The van der Waals surface area contributed by atoms with Crippen molar-refractivity contribution in [3.63, 3.8) is 0 Å². The van der Waals surface area contributed by atoms with Crippen LogP contribution in [-0.2, 0) is 6.54 Å². The van der Waals surface area contributed by atoms with E-state index in [1.54, 1.807) is 7.05 Å². The Balaban J connectivity index is 1.91. The lowest BCUT2D eigenvalue weighted by Gasteiger charge is -2.22. The summed E-state index contributed by atoms with van der Waals surface area (Å²) >= 11 is 0. The van der Waals surface area contributed by atoms with Crippen LogP contribution in [0, 0.1) is 5.92 Å². The molecule has 2 rings (SSSR count). The molecule has 1 heterocycles. The molecule has 1 amide bonds. The van der Waals surface area contributed by atoms with Crippen molar-refractivity contribution in [2.75, 3.05) is 26.7 Å². The Morgan fingerprint density at radius 2 is 2.08 bits per heavy atom. The minimum atomic E-state index is -0.0367. The Morgan fingerprint density at radius 3 is 2.69 bits per heavy atom. The van der Waals surface area contributed by atoms with Crippen LogP contribution in [0.25, 0.3) is 0 Å². The van der Waals surface area contributed by atoms with Crippen molar-refractivity contribution in [1.82, 2.24) is 20.9 Å². The lowest BCUT2D eigenvalue weighted by atomic mass is 10.1. The molecular formula is C20H33N5O. The number of carbonyl (C=O) groups is 1. The van der Waals surface area contributed by atoms with Gasteiger partial charge in [-0.05, 0) is 44.4 Å². The molecule has 1 aliphatic heterocycles. The fourth-order valence-corrected chi connectivity index (χ4v) is 3.25. The normalized spacial score (nSPS) is 21.1. The maximum absolute atomic E-state index is 12.0. The van der Waals surface area contributed by atoms with E-state index in [0.29, 0.717) is 36.7 Å². The Labute approximate surface area is 157 Å². The smallest absolute Gasteiger partial charge is 0.251 e. The molecule has 144 valence electrons.